The van der Waals surface area contributed by atoms with Gasteiger partial charge in [-0.25, -0.2) is 16.0 Å². The first kappa shape index (κ1) is 9.10. The summed E-state index contributed by atoms with van der Waals surface area (Å²) in [6.45, 7) is 4.12. The number of hydrogen-bond donors (Lipinski definition) is 2. The Morgan fingerprint density at radius 2 is 2.10 bits per heavy atom. The second kappa shape index (κ2) is 6.22. The Morgan fingerprint density at radius 1 is 1.40 bits per heavy atom. The Morgan fingerprint density at radius 3 is 2.60 bits per heavy atom. The molecule has 0 radical (unpaired) electrons. The largest absolute Gasteiger partial charge is 0.247 e. The van der Waals surface area contributed by atoms with Gasteiger partial charge in [0, 0.05) is 13.3 Å². The number of hydrazine groups is 1. The lowest BCUT2D eigenvalue weighted by molar-refractivity contribution is 0.635. The van der Waals surface area contributed by atoms with Crippen LogP contribution in [0.3, 0.4) is 0 Å². The zero-order valence-electron chi connectivity index (χ0n) is 6.63. The fourth-order valence-electron chi connectivity index (χ4n) is 0.337. The van der Waals surface area contributed by atoms with Crippen LogP contribution >= 0.6 is 0 Å². The molecule has 0 saturated carbocycles. The van der Waals surface area contributed by atoms with E-state index in [4.69, 9.17) is 0 Å². The number of nitrogens with one attached hydrogen (secondary N) is 2. The summed E-state index contributed by atoms with van der Waals surface area (Å²) in [5, 5.41) is 3.68. The van der Waals surface area contributed by atoms with Gasteiger partial charge in [-0.1, -0.05) is 13.8 Å². The lowest BCUT2D eigenvalue weighted by Gasteiger charge is -1.91. The van der Waals surface area contributed by atoms with Crippen molar-refractivity contribution in [3.05, 3.63) is 0 Å². The summed E-state index contributed by atoms with van der Waals surface area (Å²) >= 11 is 0. The van der Waals surface area contributed by atoms with Crippen LogP contribution < -0.4 is 11.0 Å². The fourth-order valence-corrected chi connectivity index (χ4v) is 0.337. The minimum atomic E-state index is 0.473. The molecule has 0 fully saturated rings. The highest BCUT2D eigenvalue weighted by Gasteiger charge is 1.80. The van der Waals surface area contributed by atoms with E-state index in [0.717, 1.165) is 0 Å². The highest BCUT2D eigenvalue weighted by Crippen LogP contribution is 1.82. The third kappa shape index (κ3) is 7.10. The van der Waals surface area contributed by atoms with Crippen LogP contribution in [0.4, 0.5) is 0 Å². The monoisotopic (exact) mass is 142 g/mol. The topological polar surface area (TPSA) is 48.8 Å². The predicted octanol–water partition coefficient (Wildman–Crippen LogP) is 0.380. The third-order valence-corrected chi connectivity index (χ3v) is 0.685. The first-order valence-corrected chi connectivity index (χ1v) is 3.24. The van der Waals surface area contributed by atoms with E-state index < -0.39 is 0 Å². The van der Waals surface area contributed by atoms with Crippen molar-refractivity contribution >= 4 is 12.6 Å². The molecule has 0 bridgehead atoms. The molecule has 0 aromatic heterocycles. The maximum atomic E-state index is 3.89. The molecule has 4 nitrogen and oxygen atoms in total. The third-order valence-electron chi connectivity index (χ3n) is 0.685. The molecule has 0 unspecified atom stereocenters. The highest BCUT2D eigenvalue weighted by atomic mass is 15.5. The number of aliphatic imine (C=N–C) groups is 1. The minimum absolute atomic E-state index is 0.473. The second-order valence-corrected chi connectivity index (χ2v) is 2.15. The highest BCUT2D eigenvalue weighted by molar-refractivity contribution is 5.72. The average Bonchev–Trinajstić information content (AvgIpc) is 1.87. The molecule has 58 valence electrons. The van der Waals surface area contributed by atoms with Gasteiger partial charge >= 0.3 is 0 Å². The van der Waals surface area contributed by atoms with E-state index in [9.17, 15) is 0 Å². The van der Waals surface area contributed by atoms with Crippen molar-refractivity contribution in [3.8, 4) is 0 Å². The van der Waals surface area contributed by atoms with Gasteiger partial charge < -0.3 is 0 Å². The van der Waals surface area contributed by atoms with E-state index >= 15 is 0 Å². The molecule has 2 N–H and O–H groups in total. The summed E-state index contributed by atoms with van der Waals surface area (Å²) in [7, 11) is 1.74. The van der Waals surface area contributed by atoms with Gasteiger partial charge in [0.05, 0.1) is 0 Å². The molecule has 0 atom stereocenters. The maximum Gasteiger partial charge on any atom is 0.136 e. The molecule has 0 rings (SSSR count). The molecule has 0 aliphatic rings. The molecule has 4 heteroatoms. The Labute approximate surface area is 61.4 Å². The molecule has 0 aliphatic heterocycles. The Balaban J connectivity index is 3.32. The lowest BCUT2D eigenvalue weighted by Crippen LogP contribution is -2.20. The van der Waals surface area contributed by atoms with Crippen molar-refractivity contribution in [2.45, 2.75) is 13.8 Å². The molecular formula is C6H14N4. The van der Waals surface area contributed by atoms with Crippen LogP contribution in [0.15, 0.2) is 10.1 Å². The smallest absolute Gasteiger partial charge is 0.136 e. The van der Waals surface area contributed by atoms with Gasteiger partial charge in [-0.2, -0.15) is 5.10 Å². The van der Waals surface area contributed by atoms with E-state index in [1.807, 2.05) is 6.21 Å². The summed E-state index contributed by atoms with van der Waals surface area (Å²) in [6.07, 6.45) is 3.28. The molecular weight excluding hydrogens is 128 g/mol. The molecule has 0 heterocycles. The quantitative estimate of drug-likeness (QED) is 0.339. The van der Waals surface area contributed by atoms with Gasteiger partial charge in [0.2, 0.25) is 0 Å². The van der Waals surface area contributed by atoms with Gasteiger partial charge in [-0.15, -0.1) is 0 Å². The Hall–Kier alpha value is -0.900. The summed E-state index contributed by atoms with van der Waals surface area (Å²) < 4.78 is 0. The SMILES string of the molecule is CNN/N=C\N=CC(C)C. The predicted molar refractivity (Wildman–Crippen MR) is 44.0 cm³/mol. The van der Waals surface area contributed by atoms with E-state index in [1.165, 1.54) is 6.34 Å². The van der Waals surface area contributed by atoms with Gasteiger partial charge in [-0.05, 0) is 5.92 Å². The summed E-state index contributed by atoms with van der Waals surface area (Å²) in [4.78, 5) is 3.89. The number of hydrazone groups is 1. The van der Waals surface area contributed by atoms with Crippen molar-refractivity contribution in [1.82, 2.24) is 11.0 Å². The van der Waals surface area contributed by atoms with Crippen molar-refractivity contribution in [2.75, 3.05) is 7.05 Å². The van der Waals surface area contributed by atoms with Gasteiger partial charge in [0.25, 0.3) is 0 Å². The molecule has 0 spiro atoms. The molecule has 10 heavy (non-hydrogen) atoms. The summed E-state index contributed by atoms with van der Waals surface area (Å²) in [5.74, 6) is 0.473. The first-order valence-electron chi connectivity index (χ1n) is 3.24. The maximum absolute atomic E-state index is 3.89. The minimum Gasteiger partial charge on any atom is -0.247 e. The van der Waals surface area contributed by atoms with Crippen molar-refractivity contribution < 1.29 is 0 Å². The standard InChI is InChI=1S/C6H14N4/c1-6(2)4-8-5-9-10-7-3/h4-7,10H,1-3H3/b8-4?,9-5-. The molecule has 0 aromatic rings. The average molecular weight is 142 g/mol. The van der Waals surface area contributed by atoms with Crippen molar-refractivity contribution in [2.24, 2.45) is 16.0 Å². The van der Waals surface area contributed by atoms with Crippen molar-refractivity contribution in [3.63, 3.8) is 0 Å². The number of nitrogens with zero attached hydrogens (tertiary/aromatic N) is 2. The Kier molecular flexibility index (Phi) is 5.66. The molecule has 0 saturated heterocycles. The number of rotatable bonds is 4. The van der Waals surface area contributed by atoms with E-state index in [1.54, 1.807) is 7.05 Å². The van der Waals surface area contributed by atoms with E-state index in [2.05, 4.69) is 34.9 Å². The molecule has 0 aromatic carbocycles. The summed E-state index contributed by atoms with van der Waals surface area (Å²) in [6, 6.07) is 0. The fraction of sp³-hybridized carbons (Fsp3) is 0.667. The van der Waals surface area contributed by atoms with Gasteiger partial charge in [0.15, 0.2) is 0 Å². The first-order chi connectivity index (χ1) is 4.77. The lowest BCUT2D eigenvalue weighted by atomic mass is 10.3. The molecule has 0 amide bonds. The summed E-state index contributed by atoms with van der Waals surface area (Å²) in [5.41, 5.74) is 5.16. The number of hydrogen-bond acceptors (Lipinski definition) is 3. The van der Waals surface area contributed by atoms with E-state index in [0.29, 0.717) is 5.92 Å². The van der Waals surface area contributed by atoms with Crippen LogP contribution in [0, 0.1) is 5.92 Å². The second-order valence-electron chi connectivity index (χ2n) is 2.15. The van der Waals surface area contributed by atoms with Crippen LogP contribution in [-0.2, 0) is 0 Å². The van der Waals surface area contributed by atoms with Crippen molar-refractivity contribution in [1.29, 1.82) is 0 Å². The van der Waals surface area contributed by atoms with Crippen LogP contribution in [0.1, 0.15) is 13.8 Å². The zero-order valence-corrected chi connectivity index (χ0v) is 6.63. The van der Waals surface area contributed by atoms with Crippen LogP contribution in [-0.4, -0.2) is 19.6 Å². The normalized spacial score (nSPS) is 12.0. The van der Waals surface area contributed by atoms with Crippen LogP contribution in [0.25, 0.3) is 0 Å². The Bertz CT molecular complexity index is 117. The van der Waals surface area contributed by atoms with Gasteiger partial charge in [-0.3, -0.25) is 0 Å². The molecule has 0 aliphatic carbocycles. The van der Waals surface area contributed by atoms with E-state index in [-0.39, 0.29) is 0 Å². The van der Waals surface area contributed by atoms with Crippen LogP contribution in [0.2, 0.25) is 0 Å². The van der Waals surface area contributed by atoms with Gasteiger partial charge in [0.1, 0.15) is 6.34 Å². The van der Waals surface area contributed by atoms with Crippen LogP contribution in [0.5, 0.6) is 0 Å². The zero-order chi connectivity index (χ0) is 7.82.